The molecule has 146 valence electrons. The molecular weight excluding hydrogens is 373 g/mol. The van der Waals surface area contributed by atoms with Gasteiger partial charge < -0.3 is 14.9 Å². The first-order valence-corrected chi connectivity index (χ1v) is 8.87. The molecule has 1 aliphatic carbocycles. The topological polar surface area (TPSA) is 79.8 Å². The number of alkyl halides is 3. The molecule has 1 saturated carbocycles. The SMILES string of the molecule is O=C(Cn1cc(C(F)(F)F)ccc1=O)Nc1ccc2nc(C3CCC3)[nH]c2c1. The molecule has 28 heavy (non-hydrogen) atoms. The van der Waals surface area contributed by atoms with Crippen molar-refractivity contribution >= 4 is 22.6 Å². The van der Waals surface area contributed by atoms with E-state index in [0.29, 0.717) is 23.9 Å². The van der Waals surface area contributed by atoms with Crippen molar-refractivity contribution in [3.63, 3.8) is 0 Å². The summed E-state index contributed by atoms with van der Waals surface area (Å²) in [6.07, 6.45) is -0.539. The molecule has 0 atom stereocenters. The maximum absolute atomic E-state index is 12.8. The molecule has 0 saturated heterocycles. The molecule has 3 aromatic rings. The number of nitrogens with zero attached hydrogens (tertiary/aromatic N) is 2. The van der Waals surface area contributed by atoms with Crippen LogP contribution in [-0.4, -0.2) is 20.4 Å². The summed E-state index contributed by atoms with van der Waals surface area (Å²) in [7, 11) is 0. The van der Waals surface area contributed by atoms with Crippen LogP contribution in [0.1, 0.15) is 36.6 Å². The third kappa shape index (κ3) is 3.64. The highest BCUT2D eigenvalue weighted by Gasteiger charge is 2.31. The minimum absolute atomic E-state index is 0.443. The van der Waals surface area contributed by atoms with E-state index >= 15 is 0 Å². The Morgan fingerprint density at radius 3 is 2.71 bits per heavy atom. The number of pyridine rings is 1. The number of fused-ring (bicyclic) bond motifs is 1. The summed E-state index contributed by atoms with van der Waals surface area (Å²) in [5.41, 5.74) is 0.367. The molecule has 9 heteroatoms. The summed E-state index contributed by atoms with van der Waals surface area (Å²) in [5.74, 6) is 0.776. The average Bonchev–Trinajstić information content (AvgIpc) is 2.96. The molecule has 2 N–H and O–H groups in total. The maximum Gasteiger partial charge on any atom is 0.417 e. The Morgan fingerprint density at radius 1 is 1.25 bits per heavy atom. The Hall–Kier alpha value is -3.10. The molecule has 0 unspecified atom stereocenters. The maximum atomic E-state index is 12.8. The number of nitrogens with one attached hydrogen (secondary N) is 2. The number of carbonyl (C=O) groups excluding carboxylic acids is 1. The molecule has 1 aromatic carbocycles. The van der Waals surface area contributed by atoms with Crippen LogP contribution in [0.25, 0.3) is 11.0 Å². The number of imidazole rings is 1. The van der Waals surface area contributed by atoms with E-state index in [4.69, 9.17) is 0 Å². The van der Waals surface area contributed by atoms with Crippen molar-refractivity contribution in [3.8, 4) is 0 Å². The van der Waals surface area contributed by atoms with Gasteiger partial charge in [-0.2, -0.15) is 13.2 Å². The molecule has 1 fully saturated rings. The average molecular weight is 390 g/mol. The molecule has 2 heterocycles. The highest BCUT2D eigenvalue weighted by molar-refractivity contribution is 5.92. The van der Waals surface area contributed by atoms with Gasteiger partial charge in [-0.1, -0.05) is 6.42 Å². The van der Waals surface area contributed by atoms with Gasteiger partial charge in [0.1, 0.15) is 12.4 Å². The van der Waals surface area contributed by atoms with E-state index in [2.05, 4.69) is 15.3 Å². The second-order valence-corrected chi connectivity index (χ2v) is 6.91. The highest BCUT2D eigenvalue weighted by atomic mass is 19.4. The fourth-order valence-corrected chi connectivity index (χ4v) is 3.16. The number of carbonyl (C=O) groups is 1. The first kappa shape index (κ1) is 18.3. The fraction of sp³-hybridized carbons (Fsp3) is 0.316. The van der Waals surface area contributed by atoms with Crippen molar-refractivity contribution < 1.29 is 18.0 Å². The smallest absolute Gasteiger partial charge is 0.342 e. The lowest BCUT2D eigenvalue weighted by Gasteiger charge is -2.22. The zero-order chi connectivity index (χ0) is 19.9. The number of hydrogen-bond acceptors (Lipinski definition) is 3. The molecule has 0 spiro atoms. The molecule has 2 aromatic heterocycles. The number of hydrogen-bond donors (Lipinski definition) is 2. The Labute approximate surface area is 157 Å². The third-order valence-corrected chi connectivity index (χ3v) is 4.90. The van der Waals surface area contributed by atoms with Crippen LogP contribution in [0.5, 0.6) is 0 Å². The monoisotopic (exact) mass is 390 g/mol. The van der Waals surface area contributed by atoms with Gasteiger partial charge in [0.25, 0.3) is 5.56 Å². The van der Waals surface area contributed by atoms with Crippen molar-refractivity contribution in [1.29, 1.82) is 0 Å². The van der Waals surface area contributed by atoms with Gasteiger partial charge in [-0.3, -0.25) is 9.59 Å². The fourth-order valence-electron chi connectivity index (χ4n) is 3.16. The van der Waals surface area contributed by atoms with Gasteiger partial charge >= 0.3 is 6.18 Å². The number of aromatic nitrogens is 3. The number of H-pyrrole nitrogens is 1. The van der Waals surface area contributed by atoms with E-state index in [-0.39, 0.29) is 0 Å². The molecule has 0 bridgehead atoms. The predicted molar refractivity (Wildman–Crippen MR) is 97.0 cm³/mol. The molecule has 1 amide bonds. The number of anilines is 1. The third-order valence-electron chi connectivity index (χ3n) is 4.90. The van der Waals surface area contributed by atoms with Crippen molar-refractivity contribution in [1.82, 2.24) is 14.5 Å². The van der Waals surface area contributed by atoms with Crippen molar-refractivity contribution in [2.75, 3.05) is 5.32 Å². The zero-order valence-electron chi connectivity index (χ0n) is 14.7. The van der Waals surface area contributed by atoms with Crippen molar-refractivity contribution in [2.24, 2.45) is 0 Å². The summed E-state index contributed by atoms with van der Waals surface area (Å²) in [5, 5.41) is 2.61. The lowest BCUT2D eigenvalue weighted by molar-refractivity contribution is -0.138. The first-order chi connectivity index (χ1) is 13.3. The molecule has 6 nitrogen and oxygen atoms in total. The van der Waals surface area contributed by atoms with Crippen molar-refractivity contribution in [2.45, 2.75) is 37.9 Å². The van der Waals surface area contributed by atoms with Crippen LogP contribution in [0.3, 0.4) is 0 Å². The van der Waals surface area contributed by atoms with Gasteiger partial charge in [0.2, 0.25) is 5.91 Å². The molecular formula is C19H17F3N4O2. The lowest BCUT2D eigenvalue weighted by Crippen LogP contribution is -2.28. The minimum Gasteiger partial charge on any atom is -0.342 e. The molecule has 4 rings (SSSR count). The van der Waals surface area contributed by atoms with Gasteiger partial charge in [0.15, 0.2) is 0 Å². The van der Waals surface area contributed by atoms with Gasteiger partial charge in [-0.15, -0.1) is 0 Å². The molecule has 1 aliphatic rings. The lowest BCUT2D eigenvalue weighted by atomic mass is 9.85. The number of amides is 1. The van der Waals surface area contributed by atoms with Gasteiger partial charge in [-0.05, 0) is 37.1 Å². The number of halogens is 3. The van der Waals surface area contributed by atoms with E-state index in [1.54, 1.807) is 18.2 Å². The van der Waals surface area contributed by atoms with Crippen LogP contribution in [0.4, 0.5) is 18.9 Å². The molecule has 0 aliphatic heterocycles. The van der Waals surface area contributed by atoms with Crippen LogP contribution in [0.15, 0.2) is 41.3 Å². The van der Waals surface area contributed by atoms with Gasteiger partial charge in [-0.25, -0.2) is 4.98 Å². The first-order valence-electron chi connectivity index (χ1n) is 8.87. The summed E-state index contributed by atoms with van der Waals surface area (Å²) in [6, 6.07) is 6.65. The van der Waals surface area contributed by atoms with E-state index in [1.807, 2.05) is 0 Å². The number of rotatable bonds is 4. The highest BCUT2D eigenvalue weighted by Crippen LogP contribution is 2.35. The standard InChI is InChI=1S/C19H17F3N4O2/c20-19(21,22)12-4-7-17(28)26(9-12)10-16(27)23-13-5-6-14-15(8-13)25-18(24-14)11-2-1-3-11/h4-9,11H,1-3,10H2,(H,23,27)(H,24,25). The number of benzene rings is 1. The van der Waals surface area contributed by atoms with E-state index in [9.17, 15) is 22.8 Å². The van der Waals surface area contributed by atoms with Gasteiger partial charge in [0, 0.05) is 23.9 Å². The van der Waals surface area contributed by atoms with E-state index in [0.717, 1.165) is 40.3 Å². The second kappa shape index (κ2) is 6.81. The van der Waals surface area contributed by atoms with Crippen LogP contribution in [0.2, 0.25) is 0 Å². The van der Waals surface area contributed by atoms with E-state index < -0.39 is 29.8 Å². The summed E-state index contributed by atoms with van der Waals surface area (Å²) >= 11 is 0. The Balaban J connectivity index is 1.50. The van der Waals surface area contributed by atoms with Crippen LogP contribution >= 0.6 is 0 Å². The van der Waals surface area contributed by atoms with Gasteiger partial charge in [0.05, 0.1) is 16.6 Å². The summed E-state index contributed by atoms with van der Waals surface area (Å²) < 4.78 is 39.1. The predicted octanol–water partition coefficient (Wildman–Crippen LogP) is 3.65. The minimum atomic E-state index is -4.59. The van der Waals surface area contributed by atoms with Crippen LogP contribution < -0.4 is 10.9 Å². The summed E-state index contributed by atoms with van der Waals surface area (Å²) in [6.45, 7) is -0.517. The second-order valence-electron chi connectivity index (χ2n) is 6.91. The van der Waals surface area contributed by atoms with Crippen LogP contribution in [-0.2, 0) is 17.5 Å². The van der Waals surface area contributed by atoms with Crippen LogP contribution in [0, 0.1) is 0 Å². The zero-order valence-corrected chi connectivity index (χ0v) is 14.7. The number of aromatic amines is 1. The largest absolute Gasteiger partial charge is 0.417 e. The molecule has 0 radical (unpaired) electrons. The Bertz CT molecular complexity index is 1100. The Morgan fingerprint density at radius 2 is 2.04 bits per heavy atom. The van der Waals surface area contributed by atoms with Crippen molar-refractivity contribution in [3.05, 3.63) is 58.3 Å². The van der Waals surface area contributed by atoms with E-state index in [1.165, 1.54) is 6.42 Å². The Kier molecular flexibility index (Phi) is 4.44. The normalized spacial score (nSPS) is 14.8. The quantitative estimate of drug-likeness (QED) is 0.714. The summed E-state index contributed by atoms with van der Waals surface area (Å²) in [4.78, 5) is 31.8.